The van der Waals surface area contributed by atoms with E-state index in [-0.39, 0.29) is 0 Å². The molecule has 0 amide bonds. The van der Waals surface area contributed by atoms with Crippen LogP contribution >= 0.6 is 31.8 Å². The van der Waals surface area contributed by atoms with Gasteiger partial charge in [-0.1, -0.05) is 0 Å². The number of rotatable bonds is 3. The molecule has 0 saturated heterocycles. The van der Waals surface area contributed by atoms with E-state index in [4.69, 9.17) is 0 Å². The molecule has 72 valence electrons. The summed E-state index contributed by atoms with van der Waals surface area (Å²) in [5.41, 5.74) is 0. The Balaban J connectivity index is 4.71. The van der Waals surface area contributed by atoms with Crippen molar-refractivity contribution in [2.24, 2.45) is 0 Å². The molecule has 1 nitrogen and oxygen atoms in total. The molecule has 0 radical (unpaired) electrons. The Morgan fingerprint density at radius 3 is 1.73 bits per heavy atom. The second-order valence-corrected chi connectivity index (χ2v) is 33.8. The van der Waals surface area contributed by atoms with Gasteiger partial charge in [-0.2, -0.15) is 0 Å². The second-order valence-electron chi connectivity index (χ2n) is 3.64. The summed E-state index contributed by atoms with van der Waals surface area (Å²) >= 11 is 0. The molecule has 0 aliphatic rings. The summed E-state index contributed by atoms with van der Waals surface area (Å²) in [6.45, 7) is 4.92. The van der Waals surface area contributed by atoms with E-state index in [2.05, 4.69) is 45.6 Å². The molecule has 3 atom stereocenters. The Labute approximate surface area is 76.6 Å². The third kappa shape index (κ3) is 3.62. The molecule has 11 heavy (non-hydrogen) atoms. The van der Waals surface area contributed by atoms with Crippen molar-refractivity contribution in [2.75, 3.05) is 19.5 Å². The van der Waals surface area contributed by atoms with Crippen molar-refractivity contribution in [3.8, 4) is 0 Å². The summed E-state index contributed by atoms with van der Waals surface area (Å²) in [5.74, 6) is 0. The van der Waals surface area contributed by atoms with Crippen molar-refractivity contribution < 1.29 is 4.21 Å². The van der Waals surface area contributed by atoms with Gasteiger partial charge >= 0.3 is 76.4 Å². The fourth-order valence-corrected chi connectivity index (χ4v) is 7.57. The Hall–Kier alpha value is 1.87. The molecule has 0 saturated carbocycles. The quantitative estimate of drug-likeness (QED) is 0.705. The third-order valence-electron chi connectivity index (χ3n) is 2.03. The van der Waals surface area contributed by atoms with Crippen molar-refractivity contribution in [2.45, 2.75) is 13.3 Å². The summed E-state index contributed by atoms with van der Waals surface area (Å²) in [5, 5.41) is 0. The van der Waals surface area contributed by atoms with Gasteiger partial charge in [0.1, 0.15) is 0 Å². The van der Waals surface area contributed by atoms with Crippen LogP contribution in [0.25, 0.3) is 0 Å². The molecule has 0 heterocycles. The van der Waals surface area contributed by atoms with Gasteiger partial charge in [0.25, 0.3) is 0 Å². The topological polar surface area (TPSA) is 17.1 Å². The molecule has 0 aliphatic heterocycles. The molecular weight excluding hydrogens is 232 g/mol. The zero-order valence-corrected chi connectivity index (χ0v) is 12.7. The van der Waals surface area contributed by atoms with Crippen molar-refractivity contribution in [3.63, 3.8) is 0 Å². The van der Waals surface area contributed by atoms with Crippen LogP contribution in [0.5, 0.6) is 0 Å². The second kappa shape index (κ2) is 3.55. The van der Waals surface area contributed by atoms with Gasteiger partial charge in [-0.3, -0.25) is 0 Å². The van der Waals surface area contributed by atoms with Crippen LogP contribution in [0.4, 0.5) is 0 Å². The summed E-state index contributed by atoms with van der Waals surface area (Å²) < 4.78 is 12.2. The standard InChI is InChI=1S/C5H20OP4S/c1-4-5-10(2,3)11(6,7,8)9/h10H,4-5,7-9H2,1-3H3. The van der Waals surface area contributed by atoms with Crippen molar-refractivity contribution in [1.29, 1.82) is 0 Å². The van der Waals surface area contributed by atoms with E-state index >= 15 is 0 Å². The molecule has 0 aromatic heterocycles. The summed E-state index contributed by atoms with van der Waals surface area (Å²) in [7, 11) is 5.11. The Morgan fingerprint density at radius 2 is 1.64 bits per heavy atom. The molecule has 0 fully saturated rings. The Morgan fingerprint density at radius 1 is 1.27 bits per heavy atom. The first-order chi connectivity index (χ1) is 4.57. The molecule has 0 rings (SSSR count). The van der Waals surface area contributed by atoms with Crippen LogP contribution in [0.1, 0.15) is 13.3 Å². The van der Waals surface area contributed by atoms with Crippen LogP contribution in [0.2, 0.25) is 0 Å². The first kappa shape index (κ1) is 12.9. The van der Waals surface area contributed by atoms with E-state index in [9.17, 15) is 4.21 Å². The van der Waals surface area contributed by atoms with Crippen LogP contribution in [-0.2, 0) is 7.55 Å². The van der Waals surface area contributed by atoms with Crippen LogP contribution in [0.3, 0.4) is 0 Å². The van der Waals surface area contributed by atoms with Gasteiger partial charge in [-0.05, 0) is 0 Å². The normalized spacial score (nSPS) is 18.9. The molecule has 0 spiro atoms. The SMILES string of the molecule is CCC[PH](C)(C)S(=O)(P)(P)P. The summed E-state index contributed by atoms with van der Waals surface area (Å²) in [6, 6.07) is 0. The van der Waals surface area contributed by atoms with Gasteiger partial charge in [0.2, 0.25) is 0 Å². The van der Waals surface area contributed by atoms with Crippen LogP contribution in [-0.4, -0.2) is 23.7 Å². The van der Waals surface area contributed by atoms with Crippen LogP contribution < -0.4 is 0 Å². The van der Waals surface area contributed by atoms with Crippen molar-refractivity contribution in [3.05, 3.63) is 0 Å². The minimum atomic E-state index is -2.49. The maximum atomic E-state index is 12.2. The van der Waals surface area contributed by atoms with Crippen LogP contribution in [0.15, 0.2) is 0 Å². The van der Waals surface area contributed by atoms with Gasteiger partial charge < -0.3 is 0 Å². The number of hydrogen-bond donors (Lipinski definition) is 0. The molecule has 3 unspecified atom stereocenters. The molecular formula is C5H20OP4S. The monoisotopic (exact) mass is 252 g/mol. The fraction of sp³-hybridized carbons (Fsp3) is 1.00. The van der Waals surface area contributed by atoms with E-state index in [1.807, 2.05) is 0 Å². The molecule has 0 aromatic rings. The minimum absolute atomic E-state index is 1.12. The van der Waals surface area contributed by atoms with Crippen molar-refractivity contribution >= 4 is 39.3 Å². The Bertz CT molecular complexity index is 196. The Kier molecular flexibility index (Phi) is 4.16. The van der Waals surface area contributed by atoms with E-state index in [1.165, 1.54) is 0 Å². The average molecular weight is 252 g/mol. The number of hydrogen-bond acceptors (Lipinski definition) is 1. The zero-order valence-electron chi connectivity index (χ0n) is 7.46. The van der Waals surface area contributed by atoms with Gasteiger partial charge in [0.15, 0.2) is 0 Å². The van der Waals surface area contributed by atoms with E-state index in [0.717, 1.165) is 12.6 Å². The van der Waals surface area contributed by atoms with Gasteiger partial charge in [-0.15, -0.1) is 0 Å². The fourth-order valence-electron chi connectivity index (χ4n) is 0.821. The van der Waals surface area contributed by atoms with Gasteiger partial charge in [0, 0.05) is 0 Å². The molecule has 0 aliphatic carbocycles. The van der Waals surface area contributed by atoms with E-state index in [1.54, 1.807) is 0 Å². The molecule has 0 N–H and O–H groups in total. The average Bonchev–Trinajstić information content (AvgIpc) is 1.58. The zero-order chi connectivity index (χ0) is 9.36. The summed E-state index contributed by atoms with van der Waals surface area (Å²) in [6.07, 6.45) is 2.25. The first-order valence-electron chi connectivity index (χ1n) is 3.64. The maximum absolute atomic E-state index is 12.2. The van der Waals surface area contributed by atoms with E-state index in [0.29, 0.717) is 0 Å². The molecule has 0 aromatic carbocycles. The molecule has 0 bridgehead atoms. The molecule has 6 heteroatoms. The van der Waals surface area contributed by atoms with Crippen LogP contribution in [0, 0.1) is 0 Å². The van der Waals surface area contributed by atoms with E-state index < -0.39 is 14.0 Å². The first-order valence-corrected chi connectivity index (χ1v) is 14.0. The predicted octanol–water partition coefficient (Wildman–Crippen LogP) is 2.51. The summed E-state index contributed by atoms with van der Waals surface area (Å²) in [4.78, 5) is 0. The third-order valence-corrected chi connectivity index (χ3v) is 31.0. The van der Waals surface area contributed by atoms with Gasteiger partial charge in [-0.25, -0.2) is 0 Å². The van der Waals surface area contributed by atoms with Crippen molar-refractivity contribution in [1.82, 2.24) is 0 Å². The predicted molar refractivity (Wildman–Crippen MR) is 72.6 cm³/mol. The van der Waals surface area contributed by atoms with Gasteiger partial charge in [0.05, 0.1) is 0 Å².